The van der Waals surface area contributed by atoms with Crippen LogP contribution < -0.4 is 4.74 Å². The number of aliphatic hydroxyl groups excluding tert-OH is 1. The molecule has 0 aromatic heterocycles. The first-order valence-corrected chi connectivity index (χ1v) is 11.7. The summed E-state index contributed by atoms with van der Waals surface area (Å²) < 4.78 is 5.25. The van der Waals surface area contributed by atoms with Gasteiger partial charge in [-0.2, -0.15) is 0 Å². The van der Waals surface area contributed by atoms with Gasteiger partial charge in [-0.25, -0.2) is 0 Å². The van der Waals surface area contributed by atoms with Crippen molar-refractivity contribution in [3.8, 4) is 5.75 Å². The molecule has 1 aromatic carbocycles. The summed E-state index contributed by atoms with van der Waals surface area (Å²) in [6.45, 7) is 7.01. The van der Waals surface area contributed by atoms with Crippen LogP contribution in [0.15, 0.2) is 35.6 Å². The van der Waals surface area contributed by atoms with Gasteiger partial charge in [0, 0.05) is 0 Å². The maximum atomic E-state index is 10.4. The van der Waals surface area contributed by atoms with Crippen molar-refractivity contribution in [3.05, 3.63) is 41.1 Å². The van der Waals surface area contributed by atoms with Gasteiger partial charge in [0.1, 0.15) is 5.75 Å². The fourth-order valence-corrected chi connectivity index (χ4v) is 4.50. The number of ether oxygens (including phenoxy) is 1. The lowest BCUT2D eigenvalue weighted by atomic mass is 10.1. The predicted octanol–water partition coefficient (Wildman–Crippen LogP) is 4.81. The molecule has 0 radical (unpaired) electrons. The first kappa shape index (κ1) is 17.1. The summed E-state index contributed by atoms with van der Waals surface area (Å²) in [5, 5.41) is 11.7. The van der Waals surface area contributed by atoms with Crippen LogP contribution in [-0.4, -0.2) is 26.4 Å². The molecule has 0 heterocycles. The standard InChI is InChI=1S/C19H28O2Si/c1-21-17-12-10-15(11-13-17)19(22(2,3)4)14-16-8-6-5-7-9-18(16)20/h10-13,18,20H,5-9H2,1-4H3/t14?,18-/m1/s1. The van der Waals surface area contributed by atoms with Crippen LogP contribution in [0.25, 0.3) is 5.20 Å². The fourth-order valence-electron chi connectivity index (χ4n) is 2.93. The van der Waals surface area contributed by atoms with Crippen LogP contribution in [0.4, 0.5) is 0 Å². The van der Waals surface area contributed by atoms with Crippen LogP contribution in [0, 0.1) is 0 Å². The van der Waals surface area contributed by atoms with E-state index in [0.717, 1.165) is 30.6 Å². The van der Waals surface area contributed by atoms with E-state index in [0.29, 0.717) is 0 Å². The second kappa shape index (κ2) is 7.32. The van der Waals surface area contributed by atoms with E-state index in [1.165, 1.54) is 23.6 Å². The second-order valence-corrected chi connectivity index (χ2v) is 12.1. The normalized spacial score (nSPS) is 19.3. The monoisotopic (exact) mass is 316 g/mol. The molecule has 2 rings (SSSR count). The van der Waals surface area contributed by atoms with Gasteiger partial charge in [0.15, 0.2) is 0 Å². The molecule has 120 valence electrons. The summed E-state index contributed by atoms with van der Waals surface area (Å²) in [5.41, 5.74) is 5.96. The molecular weight excluding hydrogens is 288 g/mol. The molecule has 1 fully saturated rings. The summed E-state index contributed by atoms with van der Waals surface area (Å²) in [7, 11) is 0.136. The van der Waals surface area contributed by atoms with Crippen LogP contribution in [0.5, 0.6) is 5.75 Å². The summed E-state index contributed by atoms with van der Waals surface area (Å²) in [6.07, 6.45) is 5.05. The Balaban J connectivity index is 2.51. The van der Waals surface area contributed by atoms with Gasteiger partial charge in [-0.05, 0) is 47.7 Å². The predicted molar refractivity (Wildman–Crippen MR) is 95.9 cm³/mol. The smallest absolute Gasteiger partial charge is 0.118 e. The molecular formula is C19H28O2Si. The summed E-state index contributed by atoms with van der Waals surface area (Å²) in [5.74, 6) is 0.876. The second-order valence-electron chi connectivity index (χ2n) is 7.12. The van der Waals surface area contributed by atoms with E-state index in [1.54, 1.807) is 7.11 Å². The Kier molecular flexibility index (Phi) is 5.68. The Morgan fingerprint density at radius 2 is 1.82 bits per heavy atom. The average molecular weight is 317 g/mol. The van der Waals surface area contributed by atoms with E-state index in [-0.39, 0.29) is 6.10 Å². The lowest BCUT2D eigenvalue weighted by Gasteiger charge is -2.20. The Morgan fingerprint density at radius 1 is 1.14 bits per heavy atom. The molecule has 1 aliphatic rings. The fraction of sp³-hybridized carbons (Fsp3) is 0.526. The molecule has 0 bridgehead atoms. The highest BCUT2D eigenvalue weighted by molar-refractivity contribution is 6.93. The van der Waals surface area contributed by atoms with Crippen molar-refractivity contribution in [2.24, 2.45) is 0 Å². The first-order valence-electron chi connectivity index (χ1n) is 8.24. The zero-order chi connectivity index (χ0) is 16.2. The van der Waals surface area contributed by atoms with Crippen molar-refractivity contribution in [1.82, 2.24) is 0 Å². The van der Waals surface area contributed by atoms with Crippen LogP contribution in [0.1, 0.15) is 37.7 Å². The molecule has 1 atom stereocenters. The molecule has 0 amide bonds. The number of hydrogen-bond donors (Lipinski definition) is 1. The summed E-state index contributed by atoms with van der Waals surface area (Å²) in [6, 6.07) is 8.24. The van der Waals surface area contributed by atoms with Crippen molar-refractivity contribution in [2.75, 3.05) is 7.11 Å². The van der Waals surface area contributed by atoms with E-state index in [9.17, 15) is 5.11 Å². The minimum Gasteiger partial charge on any atom is -0.497 e. The summed E-state index contributed by atoms with van der Waals surface area (Å²) >= 11 is 0. The lowest BCUT2D eigenvalue weighted by Crippen LogP contribution is -2.22. The molecule has 1 aromatic rings. The number of methoxy groups -OCH3 is 1. The third-order valence-electron chi connectivity index (χ3n) is 4.24. The van der Waals surface area contributed by atoms with Crippen LogP contribution in [0.3, 0.4) is 0 Å². The maximum Gasteiger partial charge on any atom is 0.118 e. The highest BCUT2D eigenvalue weighted by atomic mass is 28.3. The minimum absolute atomic E-state index is 0.313. The van der Waals surface area contributed by atoms with Crippen LogP contribution in [-0.2, 0) is 0 Å². The van der Waals surface area contributed by atoms with Crippen molar-refractivity contribution >= 4 is 13.3 Å². The Labute approximate surface area is 135 Å². The summed E-state index contributed by atoms with van der Waals surface area (Å²) in [4.78, 5) is 0. The van der Waals surface area contributed by atoms with Gasteiger partial charge in [0.25, 0.3) is 0 Å². The van der Waals surface area contributed by atoms with Crippen LogP contribution in [0.2, 0.25) is 19.6 Å². The zero-order valence-corrected chi connectivity index (χ0v) is 15.3. The van der Waals surface area contributed by atoms with Gasteiger partial charge in [-0.1, -0.05) is 44.6 Å². The number of benzene rings is 1. The van der Waals surface area contributed by atoms with Gasteiger partial charge >= 0.3 is 0 Å². The van der Waals surface area contributed by atoms with E-state index in [2.05, 4.69) is 37.5 Å². The minimum atomic E-state index is -1.55. The third-order valence-corrected chi connectivity index (χ3v) is 6.15. The molecule has 1 saturated carbocycles. The molecule has 0 unspecified atom stereocenters. The highest BCUT2D eigenvalue weighted by Gasteiger charge is 2.23. The van der Waals surface area contributed by atoms with E-state index < -0.39 is 8.07 Å². The van der Waals surface area contributed by atoms with Crippen LogP contribution >= 0.6 is 0 Å². The van der Waals surface area contributed by atoms with Crippen molar-refractivity contribution < 1.29 is 9.84 Å². The molecule has 0 spiro atoms. The van der Waals surface area contributed by atoms with Crippen molar-refractivity contribution in [2.45, 2.75) is 57.8 Å². The molecule has 3 heteroatoms. The van der Waals surface area contributed by atoms with E-state index in [4.69, 9.17) is 4.74 Å². The van der Waals surface area contributed by atoms with Gasteiger partial charge in [0.2, 0.25) is 0 Å². The van der Waals surface area contributed by atoms with Crippen molar-refractivity contribution in [3.63, 3.8) is 0 Å². The maximum absolute atomic E-state index is 10.4. The Bertz CT molecular complexity index is 560. The van der Waals surface area contributed by atoms with E-state index >= 15 is 0 Å². The van der Waals surface area contributed by atoms with Gasteiger partial charge < -0.3 is 9.84 Å². The number of hydrogen-bond acceptors (Lipinski definition) is 2. The molecule has 0 saturated heterocycles. The van der Waals surface area contributed by atoms with Crippen molar-refractivity contribution in [1.29, 1.82) is 0 Å². The Hall–Kier alpha value is -1.28. The molecule has 1 aliphatic carbocycles. The topological polar surface area (TPSA) is 29.5 Å². The van der Waals surface area contributed by atoms with Gasteiger partial charge in [-0.3, -0.25) is 0 Å². The molecule has 1 N–H and O–H groups in total. The number of rotatable bonds is 3. The van der Waals surface area contributed by atoms with Gasteiger partial charge in [-0.15, -0.1) is 5.73 Å². The Morgan fingerprint density at radius 3 is 2.41 bits per heavy atom. The molecule has 2 nitrogen and oxygen atoms in total. The number of aliphatic hydroxyl groups is 1. The quantitative estimate of drug-likeness (QED) is 0.493. The largest absolute Gasteiger partial charge is 0.497 e. The average Bonchev–Trinajstić information content (AvgIpc) is 2.68. The molecule has 0 aliphatic heterocycles. The molecule has 22 heavy (non-hydrogen) atoms. The first-order chi connectivity index (χ1) is 10.4. The highest BCUT2D eigenvalue weighted by Crippen LogP contribution is 2.29. The lowest BCUT2D eigenvalue weighted by molar-refractivity contribution is 0.199. The zero-order valence-electron chi connectivity index (χ0n) is 14.3. The third kappa shape index (κ3) is 4.36. The SMILES string of the molecule is COc1ccc(C(=C=C2CCCCC[C@H]2O)[Si](C)(C)C)cc1. The van der Waals surface area contributed by atoms with E-state index in [1.807, 2.05) is 12.1 Å². The van der Waals surface area contributed by atoms with Gasteiger partial charge in [0.05, 0.1) is 21.3 Å².